The monoisotopic (exact) mass is 388 g/mol. The zero-order chi connectivity index (χ0) is 20.2. The number of aromatic nitrogens is 3. The minimum atomic E-state index is -0.386. The maximum atomic E-state index is 12.6. The van der Waals surface area contributed by atoms with Crippen LogP contribution in [0.2, 0.25) is 0 Å². The Balaban J connectivity index is 1.67. The van der Waals surface area contributed by atoms with Gasteiger partial charge in [-0.3, -0.25) is 9.20 Å². The molecule has 0 spiro atoms. The van der Waals surface area contributed by atoms with E-state index in [9.17, 15) is 9.59 Å². The second-order valence-electron chi connectivity index (χ2n) is 6.58. The van der Waals surface area contributed by atoms with Gasteiger partial charge in [-0.05, 0) is 36.8 Å². The molecule has 0 amide bonds. The molecule has 2 aromatic carbocycles. The molecule has 0 bridgehead atoms. The molecule has 7 nitrogen and oxygen atoms in total. The van der Waals surface area contributed by atoms with Crippen molar-refractivity contribution in [3.63, 3.8) is 0 Å². The molecule has 0 aliphatic heterocycles. The predicted octanol–water partition coefficient (Wildman–Crippen LogP) is 3.94. The Hall–Kier alpha value is -3.74. The Morgan fingerprint density at radius 3 is 2.72 bits per heavy atom. The smallest absolute Gasteiger partial charge is 0.340 e. The minimum Gasteiger partial charge on any atom is -0.462 e. The molecule has 2 aromatic heterocycles. The molecule has 2 heterocycles. The topological polar surface area (TPSA) is 85.6 Å². The molecule has 0 aliphatic rings. The van der Waals surface area contributed by atoms with Crippen LogP contribution in [0.4, 0.5) is 11.5 Å². The highest BCUT2D eigenvalue weighted by Crippen LogP contribution is 2.21. The molecule has 0 radical (unpaired) electrons. The molecule has 0 atom stereocenters. The van der Waals surface area contributed by atoms with E-state index in [-0.39, 0.29) is 17.3 Å². The van der Waals surface area contributed by atoms with Crippen molar-refractivity contribution < 1.29 is 9.53 Å². The van der Waals surface area contributed by atoms with Crippen LogP contribution in [0.5, 0.6) is 0 Å². The molecule has 7 heteroatoms. The zero-order valence-corrected chi connectivity index (χ0v) is 16.0. The molecule has 29 heavy (non-hydrogen) atoms. The lowest BCUT2D eigenvalue weighted by atomic mass is 10.2. The number of carbonyl (C=O) groups is 1. The fourth-order valence-corrected chi connectivity index (χ4v) is 3.00. The van der Waals surface area contributed by atoms with Gasteiger partial charge < -0.3 is 10.1 Å². The van der Waals surface area contributed by atoms with Crippen molar-refractivity contribution in [1.82, 2.24) is 14.4 Å². The van der Waals surface area contributed by atoms with Crippen LogP contribution in [-0.2, 0) is 4.74 Å². The number of carbonyl (C=O) groups excluding carboxylic acids is 1. The van der Waals surface area contributed by atoms with E-state index in [4.69, 9.17) is 4.74 Å². The van der Waals surface area contributed by atoms with Crippen LogP contribution in [0.25, 0.3) is 16.7 Å². The van der Waals surface area contributed by atoms with E-state index in [0.29, 0.717) is 34.6 Å². The quantitative estimate of drug-likeness (QED) is 0.306. The van der Waals surface area contributed by atoms with E-state index in [2.05, 4.69) is 15.3 Å². The Morgan fingerprint density at radius 2 is 1.86 bits per heavy atom. The van der Waals surface area contributed by atoms with Gasteiger partial charge in [-0.15, -0.1) is 0 Å². The summed E-state index contributed by atoms with van der Waals surface area (Å²) in [5.74, 6) is 0.366. The summed E-state index contributed by atoms with van der Waals surface area (Å²) < 4.78 is 6.73. The van der Waals surface area contributed by atoms with Crippen LogP contribution >= 0.6 is 0 Å². The van der Waals surface area contributed by atoms with Crippen LogP contribution < -0.4 is 10.9 Å². The summed E-state index contributed by atoms with van der Waals surface area (Å²) in [7, 11) is 0. The second kappa shape index (κ2) is 8.10. The van der Waals surface area contributed by atoms with E-state index in [1.807, 2.05) is 19.1 Å². The minimum absolute atomic E-state index is 0.176. The summed E-state index contributed by atoms with van der Waals surface area (Å²) >= 11 is 0. The molecule has 4 aromatic rings. The Bertz CT molecular complexity index is 1250. The van der Waals surface area contributed by atoms with Crippen molar-refractivity contribution in [2.45, 2.75) is 19.8 Å². The van der Waals surface area contributed by atoms with Gasteiger partial charge in [0.2, 0.25) is 5.78 Å². The van der Waals surface area contributed by atoms with E-state index in [1.165, 1.54) is 4.40 Å². The number of esters is 1. The third-order valence-corrected chi connectivity index (χ3v) is 4.53. The predicted molar refractivity (Wildman–Crippen MR) is 112 cm³/mol. The molecule has 146 valence electrons. The molecule has 0 unspecified atom stereocenters. The van der Waals surface area contributed by atoms with Crippen LogP contribution in [-0.4, -0.2) is 26.9 Å². The van der Waals surface area contributed by atoms with Gasteiger partial charge >= 0.3 is 5.97 Å². The van der Waals surface area contributed by atoms with Crippen molar-refractivity contribution in [3.05, 3.63) is 76.7 Å². The van der Waals surface area contributed by atoms with Gasteiger partial charge in [0.1, 0.15) is 5.82 Å². The molecule has 0 aliphatic carbocycles. The highest BCUT2D eigenvalue weighted by Gasteiger charge is 2.13. The first-order valence-corrected chi connectivity index (χ1v) is 9.48. The van der Waals surface area contributed by atoms with Gasteiger partial charge in [-0.25, -0.2) is 9.78 Å². The summed E-state index contributed by atoms with van der Waals surface area (Å²) in [5, 5.41) is 3.67. The second-order valence-corrected chi connectivity index (χ2v) is 6.58. The lowest BCUT2D eigenvalue weighted by Gasteiger charge is -2.12. The van der Waals surface area contributed by atoms with Crippen molar-refractivity contribution >= 4 is 34.2 Å². The zero-order valence-electron chi connectivity index (χ0n) is 16.0. The van der Waals surface area contributed by atoms with Gasteiger partial charge in [0, 0.05) is 6.20 Å². The first-order chi connectivity index (χ1) is 14.2. The van der Waals surface area contributed by atoms with Crippen LogP contribution in [0.15, 0.2) is 65.6 Å². The van der Waals surface area contributed by atoms with E-state index in [0.717, 1.165) is 12.8 Å². The summed E-state index contributed by atoms with van der Waals surface area (Å²) in [4.78, 5) is 33.9. The van der Waals surface area contributed by atoms with E-state index in [1.54, 1.807) is 48.7 Å². The number of para-hydroxylation sites is 2. The number of benzene rings is 2. The summed E-state index contributed by atoms with van der Waals surface area (Å²) in [6.45, 7) is 2.43. The molecular weight excluding hydrogens is 368 g/mol. The number of nitrogens with one attached hydrogen (secondary N) is 1. The summed E-state index contributed by atoms with van der Waals surface area (Å²) in [6.07, 6.45) is 3.39. The van der Waals surface area contributed by atoms with Crippen molar-refractivity contribution in [2.24, 2.45) is 0 Å². The average molecular weight is 388 g/mol. The summed E-state index contributed by atoms with van der Waals surface area (Å²) in [6, 6.07) is 15.9. The average Bonchev–Trinajstić information content (AvgIpc) is 2.74. The number of anilines is 2. The molecular formula is C22H20N4O3. The SMILES string of the molecule is CCCCOC(=O)c1ccccc1Nc1ccn2c(=O)c3ccccc3nc2n1. The molecule has 0 saturated carbocycles. The molecule has 4 rings (SSSR count). The van der Waals surface area contributed by atoms with E-state index < -0.39 is 0 Å². The Morgan fingerprint density at radius 1 is 1.07 bits per heavy atom. The summed E-state index contributed by atoms with van der Waals surface area (Å²) in [5.41, 5.74) is 1.41. The van der Waals surface area contributed by atoms with Crippen molar-refractivity contribution in [1.29, 1.82) is 0 Å². The van der Waals surface area contributed by atoms with Gasteiger partial charge in [0.05, 0.1) is 28.8 Å². The molecule has 0 fully saturated rings. The number of ether oxygens (including phenoxy) is 1. The lowest BCUT2D eigenvalue weighted by molar-refractivity contribution is 0.0501. The van der Waals surface area contributed by atoms with Crippen molar-refractivity contribution in [2.75, 3.05) is 11.9 Å². The number of fused-ring (bicyclic) bond motifs is 2. The van der Waals surface area contributed by atoms with E-state index >= 15 is 0 Å². The number of unbranched alkanes of at least 4 members (excludes halogenated alkanes) is 1. The van der Waals surface area contributed by atoms with Crippen molar-refractivity contribution in [3.8, 4) is 0 Å². The van der Waals surface area contributed by atoms with Crippen LogP contribution in [0, 0.1) is 0 Å². The molecule has 0 saturated heterocycles. The van der Waals surface area contributed by atoms with Crippen LogP contribution in [0.3, 0.4) is 0 Å². The lowest BCUT2D eigenvalue weighted by Crippen LogP contribution is -2.16. The van der Waals surface area contributed by atoms with Gasteiger partial charge in [0.25, 0.3) is 5.56 Å². The fraction of sp³-hybridized carbons (Fsp3) is 0.182. The Labute approximate surface area is 167 Å². The number of rotatable bonds is 6. The first-order valence-electron chi connectivity index (χ1n) is 9.48. The highest BCUT2D eigenvalue weighted by molar-refractivity contribution is 5.96. The maximum Gasteiger partial charge on any atom is 0.340 e. The first kappa shape index (κ1) is 18.6. The van der Waals surface area contributed by atoms with Gasteiger partial charge in [-0.1, -0.05) is 37.6 Å². The maximum absolute atomic E-state index is 12.6. The number of nitrogens with zero attached hydrogens (tertiary/aromatic N) is 3. The highest BCUT2D eigenvalue weighted by atomic mass is 16.5. The van der Waals surface area contributed by atoms with Gasteiger partial charge in [0.15, 0.2) is 0 Å². The van der Waals surface area contributed by atoms with Gasteiger partial charge in [-0.2, -0.15) is 4.98 Å². The largest absolute Gasteiger partial charge is 0.462 e. The molecule has 1 N–H and O–H groups in total. The third-order valence-electron chi connectivity index (χ3n) is 4.53. The third kappa shape index (κ3) is 3.80. The normalized spacial score (nSPS) is 10.9. The van der Waals surface area contributed by atoms with Crippen LogP contribution in [0.1, 0.15) is 30.1 Å². The number of hydrogen-bond donors (Lipinski definition) is 1. The fourth-order valence-electron chi connectivity index (χ4n) is 3.00. The number of hydrogen-bond acceptors (Lipinski definition) is 6. The Kier molecular flexibility index (Phi) is 5.20. The standard InChI is InChI=1S/C22H20N4O3/c1-2-3-14-29-21(28)16-9-5-7-11-18(16)23-19-12-13-26-20(27)15-8-4-6-10-17(15)24-22(26)25-19/h4-13H,2-3,14H2,1H3,(H,23,24,25).